The molecular formula is C20H26N2O3S. The van der Waals surface area contributed by atoms with Crippen LogP contribution in [-0.4, -0.2) is 23.5 Å². The van der Waals surface area contributed by atoms with Gasteiger partial charge in [0, 0.05) is 30.6 Å². The van der Waals surface area contributed by atoms with Crippen LogP contribution in [0.5, 0.6) is 5.75 Å². The molecule has 2 aromatic rings. The normalized spacial score (nSPS) is 15.3. The summed E-state index contributed by atoms with van der Waals surface area (Å²) in [5.41, 5.74) is 1.24. The molecule has 0 spiro atoms. The van der Waals surface area contributed by atoms with Gasteiger partial charge in [-0.3, -0.25) is 15.0 Å². The van der Waals surface area contributed by atoms with Crippen molar-refractivity contribution in [2.75, 3.05) is 13.7 Å². The van der Waals surface area contributed by atoms with Gasteiger partial charge >= 0.3 is 5.00 Å². The first-order valence-electron chi connectivity index (χ1n) is 9.22. The maximum atomic E-state index is 11.0. The molecule has 0 unspecified atom stereocenters. The van der Waals surface area contributed by atoms with E-state index >= 15 is 0 Å². The summed E-state index contributed by atoms with van der Waals surface area (Å²) in [7, 11) is 1.67. The predicted octanol–water partition coefficient (Wildman–Crippen LogP) is 5.25. The van der Waals surface area contributed by atoms with Crippen molar-refractivity contribution in [1.29, 1.82) is 0 Å². The number of thiophene rings is 1. The fourth-order valence-corrected chi connectivity index (χ4v) is 4.54. The number of nitro groups is 1. The molecule has 6 heteroatoms. The van der Waals surface area contributed by atoms with Gasteiger partial charge in [-0.2, -0.15) is 0 Å². The van der Waals surface area contributed by atoms with Crippen LogP contribution in [0.4, 0.5) is 5.00 Å². The quantitative estimate of drug-likeness (QED) is 0.468. The summed E-state index contributed by atoms with van der Waals surface area (Å²) < 4.78 is 5.24. The lowest BCUT2D eigenvalue weighted by molar-refractivity contribution is -0.380. The van der Waals surface area contributed by atoms with E-state index in [9.17, 15) is 10.1 Å². The first-order chi connectivity index (χ1) is 12.6. The molecule has 1 aromatic heterocycles. The highest BCUT2D eigenvalue weighted by atomic mass is 32.1. The molecular weight excluding hydrogens is 348 g/mol. The van der Waals surface area contributed by atoms with Crippen molar-refractivity contribution in [1.82, 2.24) is 4.90 Å². The molecule has 1 heterocycles. The molecule has 0 saturated heterocycles. The average molecular weight is 375 g/mol. The van der Waals surface area contributed by atoms with Crippen LogP contribution in [0.3, 0.4) is 0 Å². The Hall–Kier alpha value is -1.92. The molecule has 1 aliphatic carbocycles. The van der Waals surface area contributed by atoms with E-state index in [1.807, 2.05) is 18.2 Å². The molecule has 0 aliphatic heterocycles. The Morgan fingerprint density at radius 1 is 1.12 bits per heavy atom. The summed E-state index contributed by atoms with van der Waals surface area (Å²) in [6.07, 6.45) is 6.59. The smallest absolute Gasteiger partial charge is 0.324 e. The molecule has 0 bridgehead atoms. The van der Waals surface area contributed by atoms with E-state index in [-0.39, 0.29) is 9.92 Å². The van der Waals surface area contributed by atoms with E-state index < -0.39 is 0 Å². The molecule has 1 aromatic carbocycles. The molecule has 0 atom stereocenters. The van der Waals surface area contributed by atoms with Crippen LogP contribution in [-0.2, 0) is 13.1 Å². The van der Waals surface area contributed by atoms with Gasteiger partial charge in [-0.05, 0) is 42.5 Å². The van der Waals surface area contributed by atoms with Gasteiger partial charge in [0.05, 0.1) is 12.0 Å². The lowest BCUT2D eigenvalue weighted by Crippen LogP contribution is -2.29. The zero-order valence-corrected chi connectivity index (χ0v) is 16.0. The van der Waals surface area contributed by atoms with Crippen molar-refractivity contribution in [3.8, 4) is 5.75 Å². The number of hydrogen-bond acceptors (Lipinski definition) is 5. The molecule has 3 rings (SSSR count). The van der Waals surface area contributed by atoms with Crippen molar-refractivity contribution in [2.45, 2.75) is 45.2 Å². The Labute approximate surface area is 158 Å². The minimum atomic E-state index is -0.302. The molecule has 0 radical (unpaired) electrons. The van der Waals surface area contributed by atoms with Gasteiger partial charge in [0.15, 0.2) is 0 Å². The maximum Gasteiger partial charge on any atom is 0.324 e. The Balaban J connectivity index is 1.69. The maximum absolute atomic E-state index is 11.0. The number of rotatable bonds is 8. The molecule has 5 nitrogen and oxygen atoms in total. The molecule has 1 fully saturated rings. The zero-order chi connectivity index (χ0) is 18.4. The summed E-state index contributed by atoms with van der Waals surface area (Å²) in [5.74, 6) is 1.60. The molecule has 26 heavy (non-hydrogen) atoms. The fourth-order valence-electron chi connectivity index (χ4n) is 3.68. The first kappa shape index (κ1) is 18.9. The molecule has 140 valence electrons. The first-order valence-corrected chi connectivity index (χ1v) is 10.0. The molecule has 0 N–H and O–H groups in total. The van der Waals surface area contributed by atoms with Gasteiger partial charge in [0.25, 0.3) is 0 Å². The predicted molar refractivity (Wildman–Crippen MR) is 105 cm³/mol. The van der Waals surface area contributed by atoms with Gasteiger partial charge in [-0.15, -0.1) is 0 Å². The monoisotopic (exact) mass is 374 g/mol. The molecule has 1 saturated carbocycles. The van der Waals surface area contributed by atoms with Gasteiger partial charge in [0.2, 0.25) is 0 Å². The standard InChI is InChI=1S/C20H26N2O3S/c1-25-18-9-7-17(8-10-18)14-21(13-16-5-3-2-4-6-16)15-19-11-12-20(26-19)22(23)24/h7-12,16H,2-6,13-15H2,1H3. The third-order valence-corrected chi connectivity index (χ3v) is 6.03. The van der Waals surface area contributed by atoms with Crippen LogP contribution < -0.4 is 4.74 Å². The Kier molecular flexibility index (Phi) is 6.63. The fraction of sp³-hybridized carbons (Fsp3) is 0.500. The average Bonchev–Trinajstić information content (AvgIpc) is 3.12. The third kappa shape index (κ3) is 5.29. The Bertz CT molecular complexity index is 708. The van der Waals surface area contributed by atoms with Crippen LogP contribution in [0.15, 0.2) is 36.4 Å². The number of hydrogen-bond donors (Lipinski definition) is 0. The highest BCUT2D eigenvalue weighted by Crippen LogP contribution is 2.29. The van der Waals surface area contributed by atoms with Crippen LogP contribution in [0.2, 0.25) is 0 Å². The Morgan fingerprint density at radius 3 is 2.46 bits per heavy atom. The second-order valence-corrected chi connectivity index (χ2v) is 8.17. The van der Waals surface area contributed by atoms with Crippen molar-refractivity contribution < 1.29 is 9.66 Å². The van der Waals surface area contributed by atoms with Crippen molar-refractivity contribution in [3.63, 3.8) is 0 Å². The van der Waals surface area contributed by atoms with Crippen LogP contribution in [0, 0.1) is 16.0 Å². The highest BCUT2D eigenvalue weighted by Gasteiger charge is 2.19. The lowest BCUT2D eigenvalue weighted by atomic mass is 9.89. The zero-order valence-electron chi connectivity index (χ0n) is 15.2. The largest absolute Gasteiger partial charge is 0.497 e. The summed E-state index contributed by atoms with van der Waals surface area (Å²) in [6.45, 7) is 2.67. The van der Waals surface area contributed by atoms with E-state index in [1.54, 1.807) is 13.2 Å². The van der Waals surface area contributed by atoms with E-state index in [0.717, 1.165) is 36.2 Å². The third-order valence-electron chi connectivity index (χ3n) is 5.01. The minimum absolute atomic E-state index is 0.224. The van der Waals surface area contributed by atoms with Gasteiger partial charge < -0.3 is 4.74 Å². The number of ether oxygens (including phenoxy) is 1. The van der Waals surface area contributed by atoms with Gasteiger partial charge in [0.1, 0.15) is 5.75 Å². The topological polar surface area (TPSA) is 55.6 Å². The number of nitrogens with zero attached hydrogens (tertiary/aromatic N) is 2. The SMILES string of the molecule is COc1ccc(CN(Cc2ccc([N+](=O)[O-])s2)CC2CCCCC2)cc1. The van der Waals surface area contributed by atoms with E-state index in [1.165, 1.54) is 49.0 Å². The summed E-state index contributed by atoms with van der Waals surface area (Å²) in [6, 6.07) is 11.7. The van der Waals surface area contributed by atoms with Gasteiger partial charge in [-0.25, -0.2) is 0 Å². The van der Waals surface area contributed by atoms with E-state index in [0.29, 0.717) is 0 Å². The number of methoxy groups -OCH3 is 1. The van der Waals surface area contributed by atoms with Crippen molar-refractivity contribution >= 4 is 16.3 Å². The van der Waals surface area contributed by atoms with Crippen LogP contribution in [0.1, 0.15) is 42.5 Å². The van der Waals surface area contributed by atoms with Gasteiger partial charge in [-0.1, -0.05) is 42.7 Å². The minimum Gasteiger partial charge on any atom is -0.497 e. The molecule has 1 aliphatic rings. The summed E-state index contributed by atoms with van der Waals surface area (Å²) in [4.78, 5) is 14.2. The second-order valence-electron chi connectivity index (χ2n) is 7.02. The lowest BCUT2D eigenvalue weighted by Gasteiger charge is -2.29. The van der Waals surface area contributed by atoms with Crippen molar-refractivity contribution in [2.24, 2.45) is 5.92 Å². The summed E-state index contributed by atoms with van der Waals surface area (Å²) in [5, 5.41) is 11.2. The van der Waals surface area contributed by atoms with Crippen molar-refractivity contribution in [3.05, 3.63) is 57.0 Å². The summed E-state index contributed by atoms with van der Waals surface area (Å²) >= 11 is 1.29. The Morgan fingerprint density at radius 2 is 1.85 bits per heavy atom. The van der Waals surface area contributed by atoms with E-state index in [2.05, 4.69) is 17.0 Å². The van der Waals surface area contributed by atoms with E-state index in [4.69, 9.17) is 4.74 Å². The number of benzene rings is 1. The van der Waals surface area contributed by atoms with Crippen LogP contribution >= 0.6 is 11.3 Å². The molecule has 0 amide bonds. The highest BCUT2D eigenvalue weighted by molar-refractivity contribution is 7.15. The second kappa shape index (κ2) is 9.14. The van der Waals surface area contributed by atoms with Crippen LogP contribution in [0.25, 0.3) is 0 Å².